The van der Waals surface area contributed by atoms with E-state index >= 15 is 0 Å². The van der Waals surface area contributed by atoms with Crippen LogP contribution in [0.4, 0.5) is 11.6 Å². The molecule has 0 amide bonds. The van der Waals surface area contributed by atoms with Crippen molar-refractivity contribution >= 4 is 63.1 Å². The van der Waals surface area contributed by atoms with Crippen molar-refractivity contribution in [3.63, 3.8) is 0 Å². The number of hydrogen-bond acceptors (Lipinski definition) is 6. The molecule has 9 rings (SSSR count). The molecule has 0 saturated heterocycles. The van der Waals surface area contributed by atoms with Crippen molar-refractivity contribution < 1.29 is 12.4 Å². The second-order valence-electron chi connectivity index (χ2n) is 10.1. The van der Waals surface area contributed by atoms with Crippen LogP contribution in [0.5, 0.6) is 0 Å². The van der Waals surface area contributed by atoms with Gasteiger partial charge in [-0.2, -0.15) is 0 Å². The number of rotatable bonds is 0. The Hall–Kier alpha value is -4.68. The van der Waals surface area contributed by atoms with Crippen molar-refractivity contribution in [1.82, 2.24) is 10.3 Å². The van der Waals surface area contributed by atoms with E-state index in [-0.39, 0.29) is 29.8 Å². The predicted molar refractivity (Wildman–Crippen MR) is 165 cm³/mol. The SMILES string of the molecule is C1=CCC2=C3N=C(Nc4[n-]c(c5ccccc45)[N-]C4=NC(=C5C=CCC=C45)N=C4N=C(N3)c3ccccc34)C2=C1.[Al+3].[Cl-]. The summed E-state index contributed by atoms with van der Waals surface area (Å²) in [6, 6.07) is 16.2. The number of allylic oxidation sites excluding steroid dienone is 6. The molecule has 5 heterocycles. The molecule has 0 saturated carbocycles. The van der Waals surface area contributed by atoms with Crippen molar-refractivity contribution in [2.45, 2.75) is 12.8 Å². The van der Waals surface area contributed by atoms with Crippen molar-refractivity contribution in [3.05, 3.63) is 135 Å². The number of anilines is 1. The van der Waals surface area contributed by atoms with Gasteiger partial charge in [-0.1, -0.05) is 85.0 Å². The fourth-order valence-corrected chi connectivity index (χ4v) is 5.82. The summed E-state index contributed by atoms with van der Waals surface area (Å²) in [5, 5.41) is 14.0. The van der Waals surface area contributed by atoms with Gasteiger partial charge in [-0.25, -0.2) is 20.0 Å². The number of halogens is 1. The Balaban J connectivity index is 0.00000144. The van der Waals surface area contributed by atoms with Gasteiger partial charge in [-0.3, -0.25) is 0 Å². The van der Waals surface area contributed by atoms with Crippen LogP contribution in [0.2, 0.25) is 0 Å². The van der Waals surface area contributed by atoms with Crippen LogP contribution in [0.1, 0.15) is 24.0 Å². The van der Waals surface area contributed by atoms with E-state index in [1.165, 1.54) is 0 Å². The molecular weight excluding hydrogens is 559 g/mol. The third kappa shape index (κ3) is 3.90. The number of nitrogens with one attached hydrogen (secondary N) is 2. The number of nitrogens with zero attached hydrogens (tertiary/aromatic N) is 6. The summed E-state index contributed by atoms with van der Waals surface area (Å²) in [4.78, 5) is 24.8. The van der Waals surface area contributed by atoms with Gasteiger partial charge >= 0.3 is 17.4 Å². The number of fused-ring (bicyclic) bond motifs is 15. The molecule has 198 valence electrons. The first kappa shape index (κ1) is 26.2. The molecule has 4 aliphatic heterocycles. The van der Waals surface area contributed by atoms with E-state index < -0.39 is 0 Å². The minimum Gasteiger partial charge on any atom is -1.00 e. The molecule has 42 heavy (non-hydrogen) atoms. The zero-order valence-electron chi connectivity index (χ0n) is 22.1. The summed E-state index contributed by atoms with van der Waals surface area (Å²) in [6.07, 6.45) is 14.2. The second-order valence-corrected chi connectivity index (χ2v) is 10.1. The molecule has 1 aromatic heterocycles. The fraction of sp³-hybridized carbons (Fsp3) is 0.0625. The van der Waals surface area contributed by atoms with Gasteiger partial charge in [-0.05, 0) is 34.8 Å². The first-order valence-corrected chi connectivity index (χ1v) is 13.3. The van der Waals surface area contributed by atoms with E-state index in [1.807, 2.05) is 36.4 Å². The van der Waals surface area contributed by atoms with Crippen molar-refractivity contribution in [3.8, 4) is 0 Å². The van der Waals surface area contributed by atoms with E-state index in [0.717, 1.165) is 74.5 Å². The van der Waals surface area contributed by atoms with Crippen LogP contribution < -0.4 is 28.0 Å². The molecule has 0 atom stereocenters. The molecule has 2 aromatic carbocycles. The summed E-state index contributed by atoms with van der Waals surface area (Å²) < 4.78 is 0. The average molecular weight is 579 g/mol. The molecule has 3 aromatic rings. The van der Waals surface area contributed by atoms with Crippen LogP contribution in [-0.2, 0) is 0 Å². The first-order chi connectivity index (χ1) is 19.8. The molecular formula is C32H20AlClN8. The normalized spacial score (nSPS) is 19.0. The van der Waals surface area contributed by atoms with E-state index in [4.69, 9.17) is 30.3 Å². The zero-order valence-corrected chi connectivity index (χ0v) is 24.0. The van der Waals surface area contributed by atoms with Crippen molar-refractivity contribution in [1.29, 1.82) is 0 Å². The third-order valence-corrected chi connectivity index (χ3v) is 7.72. The Morgan fingerprint density at radius 2 is 1.62 bits per heavy atom. The number of amidine groups is 4. The van der Waals surface area contributed by atoms with Crippen LogP contribution >= 0.6 is 0 Å². The van der Waals surface area contributed by atoms with Crippen molar-refractivity contribution in [2.75, 3.05) is 5.32 Å². The number of aliphatic imine (C=N–C) groups is 4. The smallest absolute Gasteiger partial charge is 1.00 e. The topological polar surface area (TPSA) is 102 Å². The van der Waals surface area contributed by atoms with Crippen LogP contribution in [0.3, 0.4) is 0 Å². The molecule has 0 radical (unpaired) electrons. The van der Waals surface area contributed by atoms with Crippen LogP contribution in [0.15, 0.2) is 139 Å². The molecule has 2 N–H and O–H groups in total. The van der Waals surface area contributed by atoms with Gasteiger partial charge in [-0.15, -0.1) is 11.6 Å². The fourth-order valence-electron chi connectivity index (χ4n) is 5.82. The summed E-state index contributed by atoms with van der Waals surface area (Å²) in [6.45, 7) is 0. The molecule has 10 heteroatoms. The molecule has 6 aliphatic rings. The Bertz CT molecular complexity index is 2030. The molecule has 0 unspecified atom stereocenters. The average Bonchev–Trinajstić information content (AvgIpc) is 3.73. The maximum atomic E-state index is 5.02. The van der Waals surface area contributed by atoms with E-state index in [0.29, 0.717) is 29.1 Å². The van der Waals surface area contributed by atoms with Crippen LogP contribution in [0, 0.1) is 0 Å². The summed E-state index contributed by atoms with van der Waals surface area (Å²) in [5.74, 6) is 5.38. The van der Waals surface area contributed by atoms with Crippen molar-refractivity contribution in [2.24, 2.45) is 20.0 Å². The molecule has 2 aliphatic carbocycles. The Morgan fingerprint density at radius 3 is 2.52 bits per heavy atom. The summed E-state index contributed by atoms with van der Waals surface area (Å²) >= 11 is 0. The Labute approximate surface area is 258 Å². The van der Waals surface area contributed by atoms with Gasteiger partial charge in [0.25, 0.3) is 0 Å². The Kier molecular flexibility index (Phi) is 6.25. The van der Waals surface area contributed by atoms with Gasteiger partial charge in [0.1, 0.15) is 11.7 Å². The third-order valence-electron chi connectivity index (χ3n) is 7.72. The quantitative estimate of drug-likeness (QED) is 0.401. The number of benzene rings is 2. The van der Waals surface area contributed by atoms with Crippen LogP contribution in [-0.4, -0.2) is 40.7 Å². The molecule has 0 fully saturated rings. The number of hydrogen-bond donors (Lipinski definition) is 2. The van der Waals surface area contributed by atoms with E-state index in [9.17, 15) is 0 Å². The standard InChI is InChI=1S/C32H20N8.Al.ClH/c1-2-10-18-17(9-1)25-33-26(18)38-28-21-13-5-6-14-22(21)30(35-28)40-32-24-16-8-7-15-23(24)31(36-32)39-29-20-12-4-3-11-19(20)27(34-29)37-25;;/h1-7,10-16H,8-9H2,(H2-,33,34,36,37,38,39,40);;1H/q-2;+3;/p-1. The van der Waals surface area contributed by atoms with E-state index in [2.05, 4.69) is 59.2 Å². The summed E-state index contributed by atoms with van der Waals surface area (Å²) in [5.41, 5.74) is 6.00. The molecule has 8 bridgehead atoms. The Morgan fingerprint density at radius 1 is 0.786 bits per heavy atom. The van der Waals surface area contributed by atoms with Gasteiger partial charge in [0, 0.05) is 33.9 Å². The second kappa shape index (κ2) is 10.00. The predicted octanol–water partition coefficient (Wildman–Crippen LogP) is 2.67. The first-order valence-electron chi connectivity index (χ1n) is 13.3. The largest absolute Gasteiger partial charge is 3.00 e. The molecule has 0 spiro atoms. The van der Waals surface area contributed by atoms with Gasteiger partial charge in [0.05, 0.1) is 0 Å². The number of aromatic nitrogens is 1. The zero-order chi connectivity index (χ0) is 26.2. The maximum Gasteiger partial charge on any atom is 3.00 e. The molecule has 8 nitrogen and oxygen atoms in total. The van der Waals surface area contributed by atoms with Gasteiger partial charge in [0.15, 0.2) is 11.7 Å². The monoisotopic (exact) mass is 578 g/mol. The van der Waals surface area contributed by atoms with E-state index in [1.54, 1.807) is 0 Å². The van der Waals surface area contributed by atoms with Gasteiger partial charge in [0.2, 0.25) is 0 Å². The van der Waals surface area contributed by atoms with Crippen LogP contribution in [0.25, 0.3) is 16.1 Å². The minimum absolute atomic E-state index is 0. The van der Waals surface area contributed by atoms with Gasteiger partial charge < -0.3 is 33.3 Å². The summed E-state index contributed by atoms with van der Waals surface area (Å²) in [7, 11) is 0. The maximum absolute atomic E-state index is 5.02. The minimum atomic E-state index is 0.